The molecule has 0 radical (unpaired) electrons. The van der Waals surface area contributed by atoms with Gasteiger partial charge < -0.3 is 20.3 Å². The first-order valence-electron chi connectivity index (χ1n) is 31.8. The Balaban J connectivity index is 3.41. The zero-order chi connectivity index (χ0) is 51.4. The normalized spacial score (nSPS) is 12.8. The van der Waals surface area contributed by atoms with E-state index >= 15 is 0 Å². The molecule has 6 heteroatoms. The van der Waals surface area contributed by atoms with Crippen LogP contribution in [0.1, 0.15) is 341 Å². The third-order valence-electron chi connectivity index (χ3n) is 14.7. The van der Waals surface area contributed by atoms with Crippen molar-refractivity contribution in [2.75, 3.05) is 13.2 Å². The summed E-state index contributed by atoms with van der Waals surface area (Å²) in [7, 11) is 0. The van der Waals surface area contributed by atoms with Crippen LogP contribution in [-0.4, -0.2) is 47.4 Å². The Hall–Kier alpha value is -1.92. The summed E-state index contributed by atoms with van der Waals surface area (Å²) in [5, 5.41) is 23.0. The molecule has 6 nitrogen and oxygen atoms in total. The lowest BCUT2D eigenvalue weighted by Crippen LogP contribution is -2.45. The number of unbranched alkanes of at least 4 members (excludes halogenated alkanes) is 44. The molecule has 0 aromatic heterocycles. The minimum absolute atomic E-state index is 0.0129. The van der Waals surface area contributed by atoms with Crippen LogP contribution in [0.3, 0.4) is 0 Å². The van der Waals surface area contributed by atoms with Crippen molar-refractivity contribution >= 4 is 11.9 Å². The Morgan fingerprint density at radius 3 is 1.07 bits per heavy atom. The number of aliphatic hydroxyl groups excluding tert-OH is 2. The van der Waals surface area contributed by atoms with E-state index in [1.165, 1.54) is 270 Å². The van der Waals surface area contributed by atoms with Gasteiger partial charge in [0.15, 0.2) is 0 Å². The van der Waals surface area contributed by atoms with E-state index in [2.05, 4.69) is 43.5 Å². The summed E-state index contributed by atoms with van der Waals surface area (Å²) >= 11 is 0. The first kappa shape index (κ1) is 69.1. The van der Waals surface area contributed by atoms with Crippen LogP contribution in [0.2, 0.25) is 0 Å². The minimum atomic E-state index is -0.847. The van der Waals surface area contributed by atoms with Gasteiger partial charge in [0.05, 0.1) is 25.4 Å². The summed E-state index contributed by atoms with van der Waals surface area (Å²) < 4.78 is 5.50. The molecule has 0 heterocycles. The summed E-state index contributed by atoms with van der Waals surface area (Å²) in [5.41, 5.74) is 0. The van der Waals surface area contributed by atoms with Gasteiger partial charge in [0, 0.05) is 12.8 Å². The van der Waals surface area contributed by atoms with Crippen molar-refractivity contribution in [3.63, 3.8) is 0 Å². The number of allylic oxidation sites excluding steroid dienone is 5. The molecule has 418 valence electrons. The molecule has 0 bridgehead atoms. The van der Waals surface area contributed by atoms with E-state index in [-0.39, 0.29) is 18.5 Å². The molecule has 2 atom stereocenters. The molecule has 0 fully saturated rings. The van der Waals surface area contributed by atoms with E-state index in [0.29, 0.717) is 19.4 Å². The number of hydrogen-bond acceptors (Lipinski definition) is 5. The van der Waals surface area contributed by atoms with Crippen LogP contribution in [0.5, 0.6) is 0 Å². The number of amides is 1. The molecule has 0 saturated heterocycles. The molecule has 0 aliphatic rings. The molecule has 0 aromatic rings. The Kier molecular flexibility index (Phi) is 59.0. The predicted octanol–water partition coefficient (Wildman–Crippen LogP) is 20.0. The molecule has 0 saturated carbocycles. The quantitative estimate of drug-likeness (QED) is 0.0321. The van der Waals surface area contributed by atoms with Gasteiger partial charge in [-0.05, 0) is 64.2 Å². The van der Waals surface area contributed by atoms with Crippen molar-refractivity contribution in [3.8, 4) is 0 Å². The van der Waals surface area contributed by atoms with Gasteiger partial charge in [0.25, 0.3) is 0 Å². The van der Waals surface area contributed by atoms with Crippen LogP contribution in [0.15, 0.2) is 36.5 Å². The van der Waals surface area contributed by atoms with Gasteiger partial charge in [-0.2, -0.15) is 0 Å². The standard InChI is InChI=1S/C65H123NO5/c1-3-5-7-9-11-13-15-16-17-18-29-32-35-39-43-47-51-55-59-65(70)71-60-56-52-48-44-40-36-33-30-27-25-23-21-19-20-22-24-26-28-31-34-38-42-46-50-54-58-64(69)66-62(61-67)63(68)57-53-49-45-41-37-14-12-10-8-6-4-2/h20-23,53,57,62-63,67-68H,3-19,24-52,54-56,58-61H2,1-2H3,(H,66,69)/b22-20-,23-21-,57-53+. The Bertz CT molecular complexity index is 1150. The van der Waals surface area contributed by atoms with Crippen molar-refractivity contribution < 1.29 is 24.5 Å². The third kappa shape index (κ3) is 57.2. The molecule has 0 aliphatic carbocycles. The van der Waals surface area contributed by atoms with Gasteiger partial charge in [0.1, 0.15) is 0 Å². The summed E-state index contributed by atoms with van der Waals surface area (Å²) in [5.74, 6) is -0.0620. The molecule has 0 rings (SSSR count). The van der Waals surface area contributed by atoms with Gasteiger partial charge in [-0.3, -0.25) is 9.59 Å². The molecule has 71 heavy (non-hydrogen) atoms. The summed E-state index contributed by atoms with van der Waals surface area (Å²) in [4.78, 5) is 24.5. The zero-order valence-electron chi connectivity index (χ0n) is 47.7. The maximum atomic E-state index is 12.4. The van der Waals surface area contributed by atoms with Crippen molar-refractivity contribution in [2.24, 2.45) is 0 Å². The lowest BCUT2D eigenvalue weighted by molar-refractivity contribution is -0.143. The molecular weight excluding hydrogens is 875 g/mol. The average molecular weight is 999 g/mol. The van der Waals surface area contributed by atoms with Crippen LogP contribution >= 0.6 is 0 Å². The summed E-state index contributed by atoms with van der Waals surface area (Å²) in [6, 6.07) is -0.631. The highest BCUT2D eigenvalue weighted by Gasteiger charge is 2.18. The monoisotopic (exact) mass is 998 g/mol. The fourth-order valence-corrected chi connectivity index (χ4v) is 9.78. The molecule has 0 aromatic carbocycles. The van der Waals surface area contributed by atoms with Crippen LogP contribution < -0.4 is 5.32 Å². The Labute approximate surface area is 443 Å². The van der Waals surface area contributed by atoms with Gasteiger partial charge in [-0.15, -0.1) is 0 Å². The van der Waals surface area contributed by atoms with Gasteiger partial charge in [-0.25, -0.2) is 0 Å². The second-order valence-corrected chi connectivity index (χ2v) is 21.7. The topological polar surface area (TPSA) is 95.9 Å². The second-order valence-electron chi connectivity index (χ2n) is 21.7. The van der Waals surface area contributed by atoms with Crippen LogP contribution in [0, 0.1) is 0 Å². The van der Waals surface area contributed by atoms with Gasteiger partial charge >= 0.3 is 5.97 Å². The van der Waals surface area contributed by atoms with Crippen LogP contribution in [0.4, 0.5) is 0 Å². The average Bonchev–Trinajstić information content (AvgIpc) is 3.37. The Morgan fingerprint density at radius 2 is 0.704 bits per heavy atom. The van der Waals surface area contributed by atoms with E-state index in [4.69, 9.17) is 4.74 Å². The zero-order valence-corrected chi connectivity index (χ0v) is 47.7. The highest BCUT2D eigenvalue weighted by atomic mass is 16.5. The number of carbonyl (C=O) groups excluding carboxylic acids is 2. The fourth-order valence-electron chi connectivity index (χ4n) is 9.78. The van der Waals surface area contributed by atoms with E-state index in [1.54, 1.807) is 6.08 Å². The van der Waals surface area contributed by atoms with E-state index in [0.717, 1.165) is 44.9 Å². The predicted molar refractivity (Wildman–Crippen MR) is 310 cm³/mol. The number of ether oxygens (including phenoxy) is 1. The number of rotatable bonds is 59. The van der Waals surface area contributed by atoms with Crippen molar-refractivity contribution in [1.29, 1.82) is 0 Å². The smallest absolute Gasteiger partial charge is 0.305 e. The number of aliphatic hydroxyl groups is 2. The molecule has 3 N–H and O–H groups in total. The van der Waals surface area contributed by atoms with Crippen LogP contribution in [0.25, 0.3) is 0 Å². The second kappa shape index (κ2) is 60.6. The SMILES string of the molecule is CCCCCCCCCCC/C=C/C(O)C(CO)NC(=O)CCCCCCCCCCC/C=C\C/C=C\CCCCCCCCCCCOC(=O)CCCCCCCCCCCCCCCCCCCC. The van der Waals surface area contributed by atoms with Crippen molar-refractivity contribution in [1.82, 2.24) is 5.32 Å². The Morgan fingerprint density at radius 1 is 0.394 bits per heavy atom. The highest BCUT2D eigenvalue weighted by Crippen LogP contribution is 2.17. The lowest BCUT2D eigenvalue weighted by Gasteiger charge is -2.20. The van der Waals surface area contributed by atoms with Crippen LogP contribution in [-0.2, 0) is 14.3 Å². The largest absolute Gasteiger partial charge is 0.466 e. The first-order chi connectivity index (χ1) is 35.0. The van der Waals surface area contributed by atoms with Crippen molar-refractivity contribution in [3.05, 3.63) is 36.5 Å². The summed E-state index contributed by atoms with van der Waals surface area (Å²) in [6.07, 6.45) is 76.3. The number of hydrogen-bond donors (Lipinski definition) is 3. The third-order valence-corrected chi connectivity index (χ3v) is 14.7. The summed E-state index contributed by atoms with van der Waals surface area (Å²) in [6.45, 7) is 4.90. The first-order valence-corrected chi connectivity index (χ1v) is 31.8. The maximum absolute atomic E-state index is 12.4. The lowest BCUT2D eigenvalue weighted by atomic mass is 10.0. The van der Waals surface area contributed by atoms with E-state index in [9.17, 15) is 19.8 Å². The maximum Gasteiger partial charge on any atom is 0.305 e. The number of carbonyl (C=O) groups is 2. The molecular formula is C65H123NO5. The minimum Gasteiger partial charge on any atom is -0.466 e. The highest BCUT2D eigenvalue weighted by molar-refractivity contribution is 5.76. The van der Waals surface area contributed by atoms with Gasteiger partial charge in [0.2, 0.25) is 5.91 Å². The number of nitrogens with one attached hydrogen (secondary N) is 1. The number of esters is 1. The van der Waals surface area contributed by atoms with E-state index in [1.807, 2.05) is 6.08 Å². The fraction of sp³-hybridized carbons (Fsp3) is 0.877. The van der Waals surface area contributed by atoms with E-state index < -0.39 is 12.1 Å². The molecule has 2 unspecified atom stereocenters. The van der Waals surface area contributed by atoms with Crippen molar-refractivity contribution in [2.45, 2.75) is 353 Å². The molecule has 1 amide bonds. The van der Waals surface area contributed by atoms with Gasteiger partial charge in [-0.1, -0.05) is 301 Å². The molecule has 0 aliphatic heterocycles. The molecule has 0 spiro atoms.